The molecule has 0 aliphatic heterocycles. The van der Waals surface area contributed by atoms with Gasteiger partial charge < -0.3 is 15.3 Å². The predicted molar refractivity (Wildman–Crippen MR) is 63.5 cm³/mol. The van der Waals surface area contributed by atoms with Crippen LogP contribution in [0.2, 0.25) is 0 Å². The third-order valence-corrected chi connectivity index (χ3v) is 2.42. The van der Waals surface area contributed by atoms with E-state index in [1.54, 1.807) is 18.2 Å². The second-order valence-electron chi connectivity index (χ2n) is 3.12. The molecule has 0 unspecified atom stereocenters. The minimum Gasteiger partial charge on any atom is -0.321 e. The lowest BCUT2D eigenvalue weighted by Gasteiger charge is -2.03. The number of amides is 1. The molecule has 1 amide bonds. The number of nitrogens with one attached hydrogen (secondary N) is 3. The molecule has 0 radical (unpaired) electrons. The lowest BCUT2D eigenvalue weighted by atomic mass is 10.3. The van der Waals surface area contributed by atoms with E-state index in [1.807, 2.05) is 6.07 Å². The van der Waals surface area contributed by atoms with Crippen molar-refractivity contribution in [3.63, 3.8) is 0 Å². The first-order chi connectivity index (χ1) is 7.65. The summed E-state index contributed by atoms with van der Waals surface area (Å²) in [5, 5.41) is 2.65. The van der Waals surface area contributed by atoms with Gasteiger partial charge in [-0.3, -0.25) is 4.79 Å². The molecule has 82 valence electrons. The van der Waals surface area contributed by atoms with Crippen molar-refractivity contribution in [2.24, 2.45) is 0 Å². The maximum Gasteiger partial charge on any atom is 0.323 e. The molecule has 6 heteroatoms. The second-order valence-corrected chi connectivity index (χ2v) is 4.04. The summed E-state index contributed by atoms with van der Waals surface area (Å²) in [5.74, 6) is -0.364. The Hall–Kier alpha value is -1.82. The maximum atomic E-state index is 11.6. The van der Waals surface area contributed by atoms with Crippen molar-refractivity contribution >= 4 is 27.5 Å². The molecule has 1 aromatic heterocycles. The van der Waals surface area contributed by atoms with E-state index < -0.39 is 5.69 Å². The van der Waals surface area contributed by atoms with E-state index in [2.05, 4.69) is 31.2 Å². The van der Waals surface area contributed by atoms with Crippen LogP contribution in [0.3, 0.4) is 0 Å². The van der Waals surface area contributed by atoms with Gasteiger partial charge in [0.25, 0.3) is 5.91 Å². The first-order valence-corrected chi connectivity index (χ1v) is 5.29. The van der Waals surface area contributed by atoms with Gasteiger partial charge in [0.15, 0.2) is 0 Å². The van der Waals surface area contributed by atoms with Gasteiger partial charge in [0.1, 0.15) is 5.69 Å². The third kappa shape index (κ3) is 2.40. The lowest BCUT2D eigenvalue weighted by Crippen LogP contribution is -2.13. The molecule has 0 saturated heterocycles. The number of hydrogen-bond donors (Lipinski definition) is 3. The van der Waals surface area contributed by atoms with Gasteiger partial charge in [-0.25, -0.2) is 4.79 Å². The van der Waals surface area contributed by atoms with E-state index in [0.717, 1.165) is 4.47 Å². The SMILES string of the molecule is O=C(Nc1cccc(Br)c1)c1c[nH]c(=O)[nH]1. The highest BCUT2D eigenvalue weighted by Gasteiger charge is 2.07. The fourth-order valence-corrected chi connectivity index (χ4v) is 1.62. The normalized spacial score (nSPS) is 10.1. The monoisotopic (exact) mass is 281 g/mol. The van der Waals surface area contributed by atoms with E-state index in [0.29, 0.717) is 5.69 Å². The zero-order valence-corrected chi connectivity index (χ0v) is 9.67. The Morgan fingerprint density at radius 2 is 2.19 bits per heavy atom. The molecule has 0 bridgehead atoms. The highest BCUT2D eigenvalue weighted by molar-refractivity contribution is 9.10. The molecule has 2 aromatic rings. The minimum absolute atomic E-state index is 0.199. The number of rotatable bonds is 2. The minimum atomic E-state index is -0.403. The van der Waals surface area contributed by atoms with Gasteiger partial charge in [0, 0.05) is 16.4 Å². The van der Waals surface area contributed by atoms with Crippen molar-refractivity contribution in [2.75, 3.05) is 5.32 Å². The molecule has 3 N–H and O–H groups in total. The highest BCUT2D eigenvalue weighted by Crippen LogP contribution is 2.15. The molecule has 1 heterocycles. The van der Waals surface area contributed by atoms with Gasteiger partial charge in [-0.2, -0.15) is 0 Å². The second kappa shape index (κ2) is 4.36. The van der Waals surface area contributed by atoms with Crippen LogP contribution in [-0.2, 0) is 0 Å². The number of carbonyl (C=O) groups excluding carboxylic acids is 1. The molecule has 0 fully saturated rings. The van der Waals surface area contributed by atoms with Gasteiger partial charge in [0.05, 0.1) is 0 Å². The first-order valence-electron chi connectivity index (χ1n) is 4.50. The van der Waals surface area contributed by atoms with E-state index >= 15 is 0 Å². The molecule has 16 heavy (non-hydrogen) atoms. The van der Waals surface area contributed by atoms with Crippen molar-refractivity contribution in [2.45, 2.75) is 0 Å². The predicted octanol–water partition coefficient (Wildman–Crippen LogP) is 1.72. The quantitative estimate of drug-likeness (QED) is 0.784. The van der Waals surface area contributed by atoms with Crippen LogP contribution in [0.15, 0.2) is 39.7 Å². The zero-order chi connectivity index (χ0) is 11.5. The summed E-state index contributed by atoms with van der Waals surface area (Å²) >= 11 is 3.30. The summed E-state index contributed by atoms with van der Waals surface area (Å²) in [6.07, 6.45) is 1.33. The Balaban J connectivity index is 2.16. The van der Waals surface area contributed by atoms with Crippen molar-refractivity contribution in [1.82, 2.24) is 9.97 Å². The fourth-order valence-electron chi connectivity index (χ4n) is 1.22. The van der Waals surface area contributed by atoms with Crippen molar-refractivity contribution in [1.29, 1.82) is 0 Å². The van der Waals surface area contributed by atoms with Gasteiger partial charge in [-0.05, 0) is 18.2 Å². The number of hydrogen-bond acceptors (Lipinski definition) is 2. The Bertz CT molecular complexity index is 573. The summed E-state index contributed by atoms with van der Waals surface area (Å²) in [6.45, 7) is 0. The molecule has 1 aromatic carbocycles. The van der Waals surface area contributed by atoms with E-state index in [1.165, 1.54) is 6.20 Å². The standard InChI is InChI=1S/C10H8BrN3O2/c11-6-2-1-3-7(4-6)13-9(15)8-5-12-10(16)14-8/h1-5H,(H,13,15)(H2,12,14,16). The fraction of sp³-hybridized carbons (Fsp3) is 0. The molecule has 0 atom stereocenters. The average Bonchev–Trinajstić information content (AvgIpc) is 2.65. The topological polar surface area (TPSA) is 77.8 Å². The Kier molecular flexibility index (Phi) is 2.91. The van der Waals surface area contributed by atoms with Crippen LogP contribution in [-0.4, -0.2) is 15.9 Å². The number of carbonyl (C=O) groups is 1. The van der Waals surface area contributed by atoms with Crippen molar-refractivity contribution in [3.8, 4) is 0 Å². The van der Waals surface area contributed by atoms with Crippen LogP contribution in [0.25, 0.3) is 0 Å². The number of halogens is 1. The molecular weight excluding hydrogens is 274 g/mol. The van der Waals surface area contributed by atoms with Gasteiger partial charge in [-0.15, -0.1) is 0 Å². The Morgan fingerprint density at radius 3 is 2.81 bits per heavy atom. The molecule has 0 aliphatic carbocycles. The van der Waals surface area contributed by atoms with Crippen LogP contribution in [0, 0.1) is 0 Å². The number of aromatic nitrogens is 2. The van der Waals surface area contributed by atoms with Crippen LogP contribution in [0.1, 0.15) is 10.5 Å². The summed E-state index contributed by atoms with van der Waals surface area (Å²) in [4.78, 5) is 27.2. The number of aromatic amines is 2. The average molecular weight is 282 g/mol. The van der Waals surface area contributed by atoms with Crippen molar-refractivity contribution < 1.29 is 4.79 Å². The molecule has 0 spiro atoms. The highest BCUT2D eigenvalue weighted by atomic mass is 79.9. The zero-order valence-electron chi connectivity index (χ0n) is 8.08. The summed E-state index contributed by atoms with van der Waals surface area (Å²) in [5.41, 5.74) is 0.450. The van der Waals surface area contributed by atoms with E-state index in [9.17, 15) is 9.59 Å². The number of anilines is 1. The molecule has 0 saturated carbocycles. The van der Waals surface area contributed by atoms with Crippen LogP contribution < -0.4 is 11.0 Å². The van der Waals surface area contributed by atoms with Crippen LogP contribution in [0.5, 0.6) is 0 Å². The van der Waals surface area contributed by atoms with E-state index in [4.69, 9.17) is 0 Å². The third-order valence-electron chi connectivity index (χ3n) is 1.92. The summed E-state index contributed by atoms with van der Waals surface area (Å²) < 4.78 is 0.868. The number of H-pyrrole nitrogens is 2. The van der Waals surface area contributed by atoms with Gasteiger partial charge in [-0.1, -0.05) is 22.0 Å². The smallest absolute Gasteiger partial charge is 0.321 e. The van der Waals surface area contributed by atoms with Gasteiger partial charge >= 0.3 is 5.69 Å². The molecule has 2 rings (SSSR count). The lowest BCUT2D eigenvalue weighted by molar-refractivity contribution is 0.102. The largest absolute Gasteiger partial charge is 0.323 e. The van der Waals surface area contributed by atoms with Crippen LogP contribution in [0.4, 0.5) is 5.69 Å². The Labute approximate surface area is 99.0 Å². The maximum absolute atomic E-state index is 11.6. The molecular formula is C10H8BrN3O2. The molecule has 5 nitrogen and oxygen atoms in total. The van der Waals surface area contributed by atoms with Gasteiger partial charge in [0.2, 0.25) is 0 Å². The number of imidazole rings is 1. The van der Waals surface area contributed by atoms with Crippen molar-refractivity contribution in [3.05, 3.63) is 51.1 Å². The first kappa shape index (κ1) is 10.7. The summed E-state index contributed by atoms with van der Waals surface area (Å²) in [7, 11) is 0. The number of benzene rings is 1. The van der Waals surface area contributed by atoms with Crippen LogP contribution >= 0.6 is 15.9 Å². The summed E-state index contributed by atoms with van der Waals surface area (Å²) in [6, 6.07) is 7.18. The molecule has 0 aliphatic rings. The van der Waals surface area contributed by atoms with E-state index in [-0.39, 0.29) is 11.6 Å². The Morgan fingerprint density at radius 1 is 1.38 bits per heavy atom.